The molecule has 8 heteroatoms. The molecule has 0 spiro atoms. The Morgan fingerprint density at radius 3 is 2.52 bits per heavy atom. The van der Waals surface area contributed by atoms with E-state index in [0.717, 1.165) is 11.3 Å². The zero-order valence-corrected chi connectivity index (χ0v) is 17.7. The molecule has 6 nitrogen and oxygen atoms in total. The highest BCUT2D eigenvalue weighted by molar-refractivity contribution is 7.89. The largest absolute Gasteiger partial charge is 0.301 e. The van der Waals surface area contributed by atoms with Crippen molar-refractivity contribution in [3.63, 3.8) is 0 Å². The standard InChI is InChI=1S/C19H25N3O3S2/c1-13-7-9-14(10-8-13)27(24,25)22-11-5-6-15(22)17(23)21-18-20-16(12-26-18)19(2,3)4/h7-10,12,15H,5-6,11H2,1-4H3,(H,20,21,23). The van der Waals surface area contributed by atoms with Gasteiger partial charge in [0.1, 0.15) is 6.04 Å². The van der Waals surface area contributed by atoms with E-state index in [1.807, 2.05) is 12.3 Å². The summed E-state index contributed by atoms with van der Waals surface area (Å²) >= 11 is 1.36. The first-order valence-electron chi connectivity index (χ1n) is 8.94. The van der Waals surface area contributed by atoms with Crippen LogP contribution in [-0.2, 0) is 20.2 Å². The maximum Gasteiger partial charge on any atom is 0.244 e. The fraction of sp³-hybridized carbons (Fsp3) is 0.474. The van der Waals surface area contributed by atoms with Crippen LogP contribution in [0.1, 0.15) is 44.9 Å². The van der Waals surface area contributed by atoms with Crippen LogP contribution in [0.15, 0.2) is 34.5 Å². The molecule has 1 atom stereocenters. The summed E-state index contributed by atoms with van der Waals surface area (Å²) < 4.78 is 27.3. The van der Waals surface area contributed by atoms with Gasteiger partial charge in [-0.2, -0.15) is 4.31 Å². The second-order valence-electron chi connectivity index (χ2n) is 7.86. The van der Waals surface area contributed by atoms with Crippen molar-refractivity contribution in [1.29, 1.82) is 0 Å². The van der Waals surface area contributed by atoms with Gasteiger partial charge in [0, 0.05) is 17.3 Å². The molecule has 1 unspecified atom stereocenters. The fourth-order valence-corrected chi connectivity index (χ4v) is 5.60. The summed E-state index contributed by atoms with van der Waals surface area (Å²) in [5.74, 6) is -0.321. The van der Waals surface area contributed by atoms with Crippen molar-refractivity contribution in [2.24, 2.45) is 0 Å². The number of anilines is 1. The first kappa shape index (κ1) is 20.0. The number of rotatable bonds is 4. The highest BCUT2D eigenvalue weighted by Gasteiger charge is 2.39. The van der Waals surface area contributed by atoms with Crippen molar-refractivity contribution in [3.8, 4) is 0 Å². The molecular weight excluding hydrogens is 382 g/mol. The molecule has 27 heavy (non-hydrogen) atoms. The van der Waals surface area contributed by atoms with Gasteiger partial charge in [-0.1, -0.05) is 38.5 Å². The highest BCUT2D eigenvalue weighted by Crippen LogP contribution is 2.29. The van der Waals surface area contributed by atoms with Crippen LogP contribution in [0.5, 0.6) is 0 Å². The normalized spacial score (nSPS) is 18.6. The van der Waals surface area contributed by atoms with Gasteiger partial charge in [0.2, 0.25) is 15.9 Å². The van der Waals surface area contributed by atoms with Gasteiger partial charge >= 0.3 is 0 Å². The first-order valence-corrected chi connectivity index (χ1v) is 11.3. The number of hydrogen-bond donors (Lipinski definition) is 1. The molecule has 0 bridgehead atoms. The van der Waals surface area contributed by atoms with E-state index in [4.69, 9.17) is 0 Å². The van der Waals surface area contributed by atoms with Gasteiger partial charge in [-0.3, -0.25) is 4.79 Å². The summed E-state index contributed by atoms with van der Waals surface area (Å²) in [6.07, 6.45) is 1.17. The highest BCUT2D eigenvalue weighted by atomic mass is 32.2. The minimum absolute atomic E-state index is 0.104. The van der Waals surface area contributed by atoms with Crippen LogP contribution in [0.4, 0.5) is 5.13 Å². The lowest BCUT2D eigenvalue weighted by Gasteiger charge is -2.23. The number of aromatic nitrogens is 1. The van der Waals surface area contributed by atoms with E-state index in [1.165, 1.54) is 15.6 Å². The maximum atomic E-state index is 13.0. The van der Waals surface area contributed by atoms with Crippen molar-refractivity contribution in [1.82, 2.24) is 9.29 Å². The summed E-state index contributed by atoms with van der Waals surface area (Å²) in [5.41, 5.74) is 1.79. The smallest absolute Gasteiger partial charge is 0.244 e. The SMILES string of the molecule is Cc1ccc(S(=O)(=O)N2CCCC2C(=O)Nc2nc(C(C)(C)C)cs2)cc1. The average Bonchev–Trinajstić information content (AvgIpc) is 3.24. The van der Waals surface area contributed by atoms with Gasteiger partial charge in [-0.15, -0.1) is 11.3 Å². The molecule has 1 aliphatic heterocycles. The molecule has 1 amide bonds. The Morgan fingerprint density at radius 1 is 1.26 bits per heavy atom. The molecule has 2 aromatic rings. The van der Waals surface area contributed by atoms with Crippen LogP contribution < -0.4 is 5.32 Å². The molecule has 1 aromatic carbocycles. The fourth-order valence-electron chi connectivity index (χ4n) is 3.00. The van der Waals surface area contributed by atoms with Crippen LogP contribution >= 0.6 is 11.3 Å². The van der Waals surface area contributed by atoms with Crippen molar-refractivity contribution in [2.45, 2.75) is 56.9 Å². The molecular formula is C19H25N3O3S2. The third kappa shape index (κ3) is 4.23. The van der Waals surface area contributed by atoms with Crippen LogP contribution in [-0.4, -0.2) is 36.2 Å². The van der Waals surface area contributed by atoms with E-state index in [9.17, 15) is 13.2 Å². The summed E-state index contributed by atoms with van der Waals surface area (Å²) in [6, 6.07) is 6.00. The minimum atomic E-state index is -3.70. The van der Waals surface area contributed by atoms with Crippen LogP contribution in [0, 0.1) is 6.92 Å². The predicted molar refractivity (Wildman–Crippen MR) is 108 cm³/mol. The molecule has 1 saturated heterocycles. The average molecular weight is 408 g/mol. The summed E-state index contributed by atoms with van der Waals surface area (Å²) in [7, 11) is -3.70. The topological polar surface area (TPSA) is 79.4 Å². The van der Waals surface area contributed by atoms with Crippen molar-refractivity contribution in [3.05, 3.63) is 40.9 Å². The van der Waals surface area contributed by atoms with Crippen LogP contribution in [0.3, 0.4) is 0 Å². The van der Waals surface area contributed by atoms with Gasteiger partial charge < -0.3 is 5.32 Å². The summed E-state index contributed by atoms with van der Waals surface area (Å²) in [6.45, 7) is 8.42. The van der Waals surface area contributed by atoms with E-state index >= 15 is 0 Å². The number of aryl methyl sites for hydroxylation is 1. The first-order chi connectivity index (χ1) is 12.6. The predicted octanol–water partition coefficient (Wildman–Crippen LogP) is 3.54. The molecule has 0 radical (unpaired) electrons. The molecule has 1 N–H and O–H groups in total. The Morgan fingerprint density at radius 2 is 1.93 bits per heavy atom. The van der Waals surface area contributed by atoms with Gasteiger partial charge in [-0.25, -0.2) is 13.4 Å². The number of thiazole rings is 1. The molecule has 2 heterocycles. The van der Waals surface area contributed by atoms with E-state index in [0.29, 0.717) is 24.5 Å². The Labute approximate surface area is 164 Å². The van der Waals surface area contributed by atoms with Crippen LogP contribution in [0.25, 0.3) is 0 Å². The van der Waals surface area contributed by atoms with Gasteiger partial charge in [0.15, 0.2) is 5.13 Å². The summed E-state index contributed by atoms with van der Waals surface area (Å²) in [4.78, 5) is 17.5. The van der Waals surface area contributed by atoms with E-state index < -0.39 is 16.1 Å². The van der Waals surface area contributed by atoms with Gasteiger partial charge in [-0.05, 0) is 31.9 Å². The van der Waals surface area contributed by atoms with Gasteiger partial charge in [0.05, 0.1) is 10.6 Å². The van der Waals surface area contributed by atoms with E-state index in [-0.39, 0.29) is 16.2 Å². The zero-order chi connectivity index (χ0) is 19.8. The van der Waals surface area contributed by atoms with Crippen LogP contribution in [0.2, 0.25) is 0 Å². The monoisotopic (exact) mass is 407 g/mol. The quantitative estimate of drug-likeness (QED) is 0.841. The number of amides is 1. The van der Waals surface area contributed by atoms with Gasteiger partial charge in [0.25, 0.3) is 0 Å². The Hall–Kier alpha value is -1.77. The number of carbonyl (C=O) groups excluding carboxylic acids is 1. The Bertz CT molecular complexity index is 928. The number of nitrogens with zero attached hydrogens (tertiary/aromatic N) is 2. The lowest BCUT2D eigenvalue weighted by Crippen LogP contribution is -2.43. The minimum Gasteiger partial charge on any atom is -0.301 e. The third-order valence-corrected chi connectivity index (χ3v) is 7.32. The van der Waals surface area contributed by atoms with Crippen molar-refractivity contribution >= 4 is 32.4 Å². The molecule has 1 fully saturated rings. The molecule has 1 aromatic heterocycles. The second-order valence-corrected chi connectivity index (χ2v) is 10.6. The van der Waals surface area contributed by atoms with Crippen molar-refractivity contribution < 1.29 is 13.2 Å². The second kappa shape index (κ2) is 7.33. The number of carbonyl (C=O) groups is 1. The molecule has 0 saturated carbocycles. The molecule has 146 valence electrons. The Balaban J connectivity index is 1.78. The van der Waals surface area contributed by atoms with E-state index in [1.54, 1.807) is 24.3 Å². The molecule has 0 aliphatic carbocycles. The number of hydrogen-bond acceptors (Lipinski definition) is 5. The number of nitrogens with one attached hydrogen (secondary N) is 1. The lowest BCUT2D eigenvalue weighted by molar-refractivity contribution is -0.119. The lowest BCUT2D eigenvalue weighted by atomic mass is 9.93. The molecule has 3 rings (SSSR count). The Kier molecular flexibility index (Phi) is 5.42. The zero-order valence-electron chi connectivity index (χ0n) is 16.0. The number of sulfonamides is 1. The molecule has 1 aliphatic rings. The van der Waals surface area contributed by atoms with Crippen molar-refractivity contribution in [2.75, 3.05) is 11.9 Å². The number of benzene rings is 1. The maximum absolute atomic E-state index is 13.0. The summed E-state index contributed by atoms with van der Waals surface area (Å²) in [5, 5.41) is 5.23. The third-order valence-electron chi connectivity index (χ3n) is 4.64. The van der Waals surface area contributed by atoms with E-state index in [2.05, 4.69) is 31.1 Å².